The lowest BCUT2D eigenvalue weighted by molar-refractivity contribution is 0.406. The predicted molar refractivity (Wildman–Crippen MR) is 250 cm³/mol. The zero-order valence-electron chi connectivity index (χ0n) is 39.5. The lowest BCUT2D eigenvalue weighted by Gasteiger charge is -2.43. The lowest BCUT2D eigenvalue weighted by Crippen LogP contribution is -2.45. The summed E-state index contributed by atoms with van der Waals surface area (Å²) < 4.78 is 130. The summed E-state index contributed by atoms with van der Waals surface area (Å²) >= 11 is 0. The van der Waals surface area contributed by atoms with E-state index < -0.39 is 98.3 Å². The number of hydrogen-bond acceptors (Lipinski definition) is 1. The van der Waals surface area contributed by atoms with E-state index in [0.29, 0.717) is 12.1 Å². The highest BCUT2D eigenvalue weighted by Crippen LogP contribution is 2.47. The van der Waals surface area contributed by atoms with E-state index in [2.05, 4.69) is 62.3 Å². The largest absolute Gasteiger partial charge is 0.539 e. The van der Waals surface area contributed by atoms with Crippen molar-refractivity contribution < 1.29 is 39.5 Å². The monoisotopic (exact) mass is 919 g/mol. The Balaban J connectivity index is 1.92. The van der Waals surface area contributed by atoms with Gasteiger partial charge in [-0.05, 0) is 23.7 Å². The maximum atomic E-state index is 16.6. The van der Waals surface area contributed by atoms with Gasteiger partial charge in [-0.3, -0.25) is 0 Å². The van der Waals surface area contributed by atoms with E-state index in [-0.39, 0.29) is 11.6 Å². The predicted octanol–water partition coefficient (Wildman–Crippen LogP) is 19.1. The highest BCUT2D eigenvalue weighted by Gasteiger charge is 2.43. The molecule has 0 aliphatic rings. The van der Waals surface area contributed by atoms with Gasteiger partial charge in [0.15, 0.2) is 34.8 Å². The first-order valence-electron chi connectivity index (χ1n) is 23.9. The van der Waals surface area contributed by atoms with Crippen molar-refractivity contribution >= 4 is 46.0 Å². The Hall–Kier alpha value is -1.93. The van der Waals surface area contributed by atoms with Gasteiger partial charge in [0.1, 0.15) is 11.6 Å². The van der Waals surface area contributed by atoms with Gasteiger partial charge < -0.3 is 4.43 Å². The molecular weight excluding hydrogens is 841 g/mol. The van der Waals surface area contributed by atoms with Crippen LogP contribution >= 0.6 is 0 Å². The summed E-state index contributed by atoms with van der Waals surface area (Å²) in [5.41, 5.74) is 1.97. The number of benzene rings is 3. The van der Waals surface area contributed by atoms with Crippen molar-refractivity contribution in [1.82, 2.24) is 0 Å². The lowest BCUT2D eigenvalue weighted by atomic mass is 9.99. The molecule has 0 saturated heterocycles. The van der Waals surface area contributed by atoms with Gasteiger partial charge in [0.2, 0.25) is 5.82 Å². The fraction of sp³-hybridized carbons (Fsp3) is 0.714. The van der Waals surface area contributed by atoms with Crippen LogP contribution in [-0.2, 0) is 0 Å². The second kappa shape index (κ2) is 23.8. The second-order valence-corrected chi connectivity index (χ2v) is 35.4. The fourth-order valence-corrected chi connectivity index (χ4v) is 28.0. The minimum absolute atomic E-state index is 0.152. The van der Waals surface area contributed by atoms with Crippen LogP contribution in [0.5, 0.6) is 5.75 Å². The zero-order chi connectivity index (χ0) is 45.9. The summed E-state index contributed by atoms with van der Waals surface area (Å²) in [6.45, 7) is 25.1. The first-order chi connectivity index (χ1) is 28.7. The molecule has 0 aliphatic heterocycles. The molecular formula is C49H78F8OSi3. The molecule has 0 aromatic heterocycles. The summed E-state index contributed by atoms with van der Waals surface area (Å²) in [5.74, 6) is -16.3. The third kappa shape index (κ3) is 12.1. The van der Waals surface area contributed by atoms with Gasteiger partial charge in [0.05, 0.1) is 32.3 Å². The SMILES string of the molecule is CCC[Si](CCC)(CCC)CCCCCC[Si](CCCCCCCC[Si](C(C)C)(C(C)C)C(C)C)(Oc1c(F)c(F)c2c(F)c3cc(F)c(F)c(F)c3c(F)c2c1F)C(C)C. The number of fused-ring (bicyclic) bond motifs is 2. The van der Waals surface area contributed by atoms with Gasteiger partial charge >= 0.3 is 0 Å². The number of halogens is 8. The number of unbranched alkanes of at least 4 members (excludes halogenated alkanes) is 8. The first kappa shape index (κ1) is 53.4. The average Bonchev–Trinajstić information content (AvgIpc) is 3.19. The van der Waals surface area contributed by atoms with Crippen LogP contribution < -0.4 is 4.43 Å². The number of rotatable bonds is 28. The van der Waals surface area contributed by atoms with Crippen LogP contribution in [0.3, 0.4) is 0 Å². The topological polar surface area (TPSA) is 9.23 Å². The Morgan fingerprint density at radius 1 is 0.410 bits per heavy atom. The second-order valence-electron chi connectivity index (χ2n) is 19.7. The Labute approximate surface area is 366 Å². The van der Waals surface area contributed by atoms with Crippen molar-refractivity contribution in [2.24, 2.45) is 0 Å². The third-order valence-electron chi connectivity index (χ3n) is 14.8. The van der Waals surface area contributed by atoms with Crippen molar-refractivity contribution in [3.05, 3.63) is 52.6 Å². The van der Waals surface area contributed by atoms with Crippen LogP contribution in [0.1, 0.15) is 160 Å². The molecule has 0 radical (unpaired) electrons. The van der Waals surface area contributed by atoms with E-state index in [1.807, 2.05) is 13.8 Å². The van der Waals surface area contributed by atoms with Gasteiger partial charge in [-0.1, -0.05) is 206 Å². The number of hydrogen-bond donors (Lipinski definition) is 0. The van der Waals surface area contributed by atoms with E-state index in [1.54, 1.807) is 0 Å². The minimum Gasteiger partial charge on any atom is -0.539 e. The maximum absolute atomic E-state index is 16.6. The van der Waals surface area contributed by atoms with Crippen LogP contribution in [0.15, 0.2) is 6.07 Å². The molecule has 0 amide bonds. The quantitative estimate of drug-likeness (QED) is 0.0176. The molecule has 0 N–H and O–H groups in total. The van der Waals surface area contributed by atoms with Gasteiger partial charge in [0.25, 0.3) is 8.32 Å². The molecule has 3 aromatic carbocycles. The standard InChI is InChI=1S/C49H78F8OSi3/c1-12-25-59(26-13-2,27-14-3)28-21-19-20-23-30-60(33(4)5,29-22-17-15-16-18-24-31-61(34(6)7,35(8)9)36(10)11)58-49-47(56)41-40(46(55)48(49)57)42(51)37-32-38(50)43(52)45(54)39(37)44(41)53/h32-36H,12-31H2,1-11H3. The zero-order valence-corrected chi connectivity index (χ0v) is 42.5. The van der Waals surface area contributed by atoms with Crippen LogP contribution in [0.4, 0.5) is 35.1 Å². The van der Waals surface area contributed by atoms with Gasteiger partial charge in [-0.15, -0.1) is 0 Å². The molecule has 0 spiro atoms. The molecule has 3 aromatic rings. The van der Waals surface area contributed by atoms with Crippen molar-refractivity contribution in [2.75, 3.05) is 0 Å². The minimum atomic E-state index is -3.20. The normalized spacial score (nSPS) is 13.9. The van der Waals surface area contributed by atoms with Gasteiger partial charge in [-0.2, -0.15) is 4.39 Å². The van der Waals surface area contributed by atoms with Crippen molar-refractivity contribution in [3.63, 3.8) is 0 Å². The van der Waals surface area contributed by atoms with Crippen LogP contribution in [-0.4, -0.2) is 24.5 Å². The van der Waals surface area contributed by atoms with E-state index in [4.69, 9.17) is 4.43 Å². The maximum Gasteiger partial charge on any atom is 0.254 e. The summed E-state index contributed by atoms with van der Waals surface area (Å²) in [5, 5.41) is -5.40. The van der Waals surface area contributed by atoms with Crippen LogP contribution in [0.25, 0.3) is 21.5 Å². The Kier molecular flexibility index (Phi) is 20.9. The van der Waals surface area contributed by atoms with Crippen LogP contribution in [0.2, 0.25) is 64.5 Å². The van der Waals surface area contributed by atoms with Crippen molar-refractivity contribution in [1.29, 1.82) is 0 Å². The Bertz CT molecular complexity index is 1830. The molecule has 0 fully saturated rings. The smallest absolute Gasteiger partial charge is 0.254 e. The van der Waals surface area contributed by atoms with Crippen molar-refractivity contribution in [3.8, 4) is 5.75 Å². The van der Waals surface area contributed by atoms with Gasteiger partial charge in [-0.25, -0.2) is 30.7 Å². The summed E-state index contributed by atoms with van der Waals surface area (Å²) in [7, 11) is -6.02. The molecule has 1 unspecified atom stereocenters. The molecule has 12 heteroatoms. The summed E-state index contributed by atoms with van der Waals surface area (Å²) in [4.78, 5) is 0. The molecule has 0 aliphatic carbocycles. The third-order valence-corrected chi connectivity index (χ3v) is 33.7. The Morgan fingerprint density at radius 3 is 1.26 bits per heavy atom. The van der Waals surface area contributed by atoms with E-state index in [9.17, 15) is 13.2 Å². The van der Waals surface area contributed by atoms with E-state index >= 15 is 22.0 Å². The molecule has 1 atom stereocenters. The van der Waals surface area contributed by atoms with Crippen molar-refractivity contribution in [2.45, 2.75) is 224 Å². The molecule has 1 nitrogen and oxygen atoms in total. The molecule has 3 rings (SSSR count). The average molecular weight is 919 g/mol. The van der Waals surface area contributed by atoms with Gasteiger partial charge in [0, 0.05) is 5.39 Å². The molecule has 0 heterocycles. The molecule has 0 saturated carbocycles. The van der Waals surface area contributed by atoms with Crippen LogP contribution in [0, 0.1) is 46.5 Å². The highest BCUT2D eigenvalue weighted by atomic mass is 28.4. The van der Waals surface area contributed by atoms with E-state index in [1.165, 1.54) is 55.9 Å². The van der Waals surface area contributed by atoms with E-state index in [0.717, 1.165) is 74.4 Å². The summed E-state index contributed by atoms with van der Waals surface area (Å²) in [6.07, 6.45) is 13.5. The molecule has 61 heavy (non-hydrogen) atoms. The fourth-order valence-electron chi connectivity index (χ4n) is 11.6. The molecule has 348 valence electrons. The first-order valence-corrected chi connectivity index (χ1v) is 31.5. The highest BCUT2D eigenvalue weighted by molar-refractivity contribution is 6.83. The Morgan fingerprint density at radius 2 is 0.820 bits per heavy atom. The molecule has 0 bridgehead atoms. The summed E-state index contributed by atoms with van der Waals surface area (Å²) in [6, 6.07) is 7.86.